The van der Waals surface area contributed by atoms with Crippen molar-refractivity contribution < 1.29 is 23.4 Å². The van der Waals surface area contributed by atoms with Crippen LogP contribution in [0.25, 0.3) is 33.7 Å². The maximum atomic E-state index is 11.4. The van der Waals surface area contributed by atoms with Crippen LogP contribution in [0.3, 0.4) is 0 Å². The van der Waals surface area contributed by atoms with Gasteiger partial charge in [-0.05, 0) is 29.8 Å². The van der Waals surface area contributed by atoms with Crippen molar-refractivity contribution in [2.75, 3.05) is 19.8 Å². The molecule has 1 aliphatic heterocycles. The number of ether oxygens (including phenoxy) is 3. The quantitative estimate of drug-likeness (QED) is 0.418. The van der Waals surface area contributed by atoms with Crippen molar-refractivity contribution in [1.29, 1.82) is 10.5 Å². The number of oxazole rings is 1. The topological polar surface area (TPSA) is 118 Å². The van der Waals surface area contributed by atoms with Crippen LogP contribution in [0.4, 0.5) is 0 Å². The number of rotatable bonds is 5. The highest BCUT2D eigenvalue weighted by Gasteiger charge is 2.20. The summed E-state index contributed by atoms with van der Waals surface area (Å²) in [6, 6.07) is 18.1. The number of nitrogens with zero attached hydrogens (tertiary/aromatic N) is 3. The Morgan fingerprint density at radius 1 is 1.03 bits per heavy atom. The number of benzene rings is 3. The van der Waals surface area contributed by atoms with Gasteiger partial charge in [0, 0.05) is 11.6 Å². The molecule has 3 aromatic carbocycles. The SMILES string of the molecule is N#CCOc1cc2oc(-c3cccc(-c4ccc5c(c4)OCCO5)c3C#N)nc2cc1C=O. The zero-order valence-electron chi connectivity index (χ0n) is 17.2. The van der Waals surface area contributed by atoms with Crippen LogP contribution in [0.5, 0.6) is 17.2 Å². The molecule has 0 amide bonds. The van der Waals surface area contributed by atoms with Gasteiger partial charge in [0.1, 0.15) is 36.6 Å². The van der Waals surface area contributed by atoms with Gasteiger partial charge in [-0.25, -0.2) is 4.98 Å². The molecule has 0 saturated carbocycles. The smallest absolute Gasteiger partial charge is 0.228 e. The largest absolute Gasteiger partial charge is 0.486 e. The Hall–Kier alpha value is -4.82. The molecule has 33 heavy (non-hydrogen) atoms. The molecule has 0 aliphatic carbocycles. The van der Waals surface area contributed by atoms with Crippen LogP contribution < -0.4 is 14.2 Å². The first kappa shape index (κ1) is 20.1. The Morgan fingerprint density at radius 2 is 1.85 bits per heavy atom. The summed E-state index contributed by atoms with van der Waals surface area (Å²) >= 11 is 0. The number of carbonyl (C=O) groups excluding carboxylic acids is 1. The number of hydrogen-bond acceptors (Lipinski definition) is 8. The van der Waals surface area contributed by atoms with E-state index in [0.29, 0.717) is 58.8 Å². The molecule has 0 N–H and O–H groups in total. The first-order chi connectivity index (χ1) is 16.2. The zero-order chi connectivity index (χ0) is 22.8. The van der Waals surface area contributed by atoms with Gasteiger partial charge in [0.15, 0.2) is 30.0 Å². The van der Waals surface area contributed by atoms with Crippen LogP contribution in [0.1, 0.15) is 15.9 Å². The fourth-order valence-corrected chi connectivity index (χ4v) is 3.72. The van der Waals surface area contributed by atoms with E-state index in [0.717, 1.165) is 5.56 Å². The van der Waals surface area contributed by atoms with E-state index in [1.165, 1.54) is 12.1 Å². The van der Waals surface area contributed by atoms with Gasteiger partial charge >= 0.3 is 0 Å². The van der Waals surface area contributed by atoms with Crippen molar-refractivity contribution in [3.63, 3.8) is 0 Å². The summed E-state index contributed by atoms with van der Waals surface area (Å²) < 4.78 is 22.5. The average molecular weight is 437 g/mol. The Labute approximate surface area is 188 Å². The fraction of sp³-hybridized carbons (Fsp3) is 0.120. The van der Waals surface area contributed by atoms with Crippen molar-refractivity contribution in [1.82, 2.24) is 4.98 Å². The highest BCUT2D eigenvalue weighted by molar-refractivity contribution is 5.90. The summed E-state index contributed by atoms with van der Waals surface area (Å²) in [4.78, 5) is 15.9. The Balaban J connectivity index is 1.61. The molecule has 5 rings (SSSR count). The Morgan fingerprint density at radius 3 is 2.64 bits per heavy atom. The number of aromatic nitrogens is 1. The van der Waals surface area contributed by atoms with Gasteiger partial charge in [-0.15, -0.1) is 0 Å². The minimum atomic E-state index is -0.205. The van der Waals surface area contributed by atoms with E-state index in [-0.39, 0.29) is 23.8 Å². The average Bonchev–Trinajstić information content (AvgIpc) is 3.28. The molecule has 1 aliphatic rings. The summed E-state index contributed by atoms with van der Waals surface area (Å²) in [5.41, 5.74) is 3.45. The Bertz CT molecular complexity index is 1480. The highest BCUT2D eigenvalue weighted by atomic mass is 16.6. The number of aldehydes is 1. The Kier molecular flexibility index (Phi) is 5.10. The standard InChI is InChI=1S/C25H15N3O5/c26-6-7-30-22-12-23-20(10-16(22)14-29)28-25(33-23)18-3-1-2-17(19(18)13-27)15-4-5-21-24(11-15)32-9-8-31-21/h1-5,10-12,14H,7-9H2. The molecule has 2 heterocycles. The summed E-state index contributed by atoms with van der Waals surface area (Å²) in [6.07, 6.45) is 0.629. The van der Waals surface area contributed by atoms with E-state index in [4.69, 9.17) is 23.9 Å². The number of carbonyl (C=O) groups is 1. The van der Waals surface area contributed by atoms with Crippen molar-refractivity contribution in [3.8, 4) is 52.0 Å². The van der Waals surface area contributed by atoms with Crippen LogP contribution >= 0.6 is 0 Å². The van der Waals surface area contributed by atoms with Crippen LogP contribution in [0, 0.1) is 22.7 Å². The van der Waals surface area contributed by atoms with Gasteiger partial charge in [-0.1, -0.05) is 18.2 Å². The maximum Gasteiger partial charge on any atom is 0.228 e. The van der Waals surface area contributed by atoms with Gasteiger partial charge in [0.25, 0.3) is 0 Å². The molecule has 0 unspecified atom stereocenters. The molecule has 1 aromatic heterocycles. The first-order valence-electron chi connectivity index (χ1n) is 10.0. The third kappa shape index (κ3) is 3.60. The molecule has 0 atom stereocenters. The minimum Gasteiger partial charge on any atom is -0.486 e. The molecule has 0 spiro atoms. The lowest BCUT2D eigenvalue weighted by Gasteiger charge is -2.19. The van der Waals surface area contributed by atoms with Crippen LogP contribution in [0.2, 0.25) is 0 Å². The molecule has 160 valence electrons. The third-order valence-electron chi connectivity index (χ3n) is 5.20. The summed E-state index contributed by atoms with van der Waals surface area (Å²) in [5, 5.41) is 18.7. The summed E-state index contributed by atoms with van der Waals surface area (Å²) in [5.74, 6) is 1.75. The number of fused-ring (bicyclic) bond motifs is 2. The molecular weight excluding hydrogens is 422 g/mol. The summed E-state index contributed by atoms with van der Waals surface area (Å²) in [7, 11) is 0. The third-order valence-corrected chi connectivity index (χ3v) is 5.20. The van der Waals surface area contributed by atoms with Crippen LogP contribution in [-0.2, 0) is 0 Å². The van der Waals surface area contributed by atoms with Crippen molar-refractivity contribution >= 4 is 17.4 Å². The second kappa shape index (κ2) is 8.37. The van der Waals surface area contributed by atoms with Gasteiger partial charge in [0.05, 0.1) is 16.7 Å². The first-order valence-corrected chi connectivity index (χ1v) is 10.0. The van der Waals surface area contributed by atoms with Crippen molar-refractivity contribution in [2.24, 2.45) is 0 Å². The molecule has 0 saturated heterocycles. The van der Waals surface area contributed by atoms with Crippen LogP contribution in [0.15, 0.2) is 52.9 Å². The lowest BCUT2D eigenvalue weighted by atomic mass is 9.95. The predicted octanol–water partition coefficient (Wildman–Crippen LogP) is 4.52. The van der Waals surface area contributed by atoms with E-state index in [9.17, 15) is 10.1 Å². The predicted molar refractivity (Wildman–Crippen MR) is 117 cm³/mol. The van der Waals surface area contributed by atoms with Gasteiger partial charge in [-0.3, -0.25) is 4.79 Å². The van der Waals surface area contributed by atoms with Gasteiger partial charge < -0.3 is 18.6 Å². The van der Waals surface area contributed by atoms with Crippen LogP contribution in [-0.4, -0.2) is 31.1 Å². The number of hydrogen-bond donors (Lipinski definition) is 0. The molecule has 0 radical (unpaired) electrons. The fourth-order valence-electron chi connectivity index (χ4n) is 3.72. The zero-order valence-corrected chi connectivity index (χ0v) is 17.2. The van der Waals surface area contributed by atoms with E-state index in [2.05, 4.69) is 11.1 Å². The molecule has 0 bridgehead atoms. The second-order valence-corrected chi connectivity index (χ2v) is 7.14. The van der Waals surface area contributed by atoms with Crippen molar-refractivity contribution in [3.05, 3.63) is 59.7 Å². The van der Waals surface area contributed by atoms with Crippen molar-refractivity contribution in [2.45, 2.75) is 0 Å². The van der Waals surface area contributed by atoms with Gasteiger partial charge in [-0.2, -0.15) is 10.5 Å². The summed E-state index contributed by atoms with van der Waals surface area (Å²) in [6.45, 7) is 0.759. The molecule has 4 aromatic rings. The normalized spacial score (nSPS) is 12.1. The monoisotopic (exact) mass is 437 g/mol. The highest BCUT2D eigenvalue weighted by Crippen LogP contribution is 2.38. The van der Waals surface area contributed by atoms with E-state index >= 15 is 0 Å². The minimum absolute atomic E-state index is 0.205. The van der Waals surface area contributed by atoms with E-state index in [1.54, 1.807) is 6.07 Å². The molecule has 0 fully saturated rings. The van der Waals surface area contributed by atoms with E-state index < -0.39 is 0 Å². The van der Waals surface area contributed by atoms with Gasteiger partial charge in [0.2, 0.25) is 5.89 Å². The number of nitriles is 2. The maximum absolute atomic E-state index is 11.4. The second-order valence-electron chi connectivity index (χ2n) is 7.14. The lowest BCUT2D eigenvalue weighted by Crippen LogP contribution is -2.15. The molecule has 8 nitrogen and oxygen atoms in total. The molecule has 8 heteroatoms. The molecular formula is C25H15N3O5. The van der Waals surface area contributed by atoms with E-state index in [1.807, 2.05) is 36.4 Å². The lowest BCUT2D eigenvalue weighted by molar-refractivity contribution is 0.112.